The summed E-state index contributed by atoms with van der Waals surface area (Å²) in [6.07, 6.45) is 27.4. The molecule has 1 nitrogen and oxygen atoms in total. The summed E-state index contributed by atoms with van der Waals surface area (Å²) in [5.41, 5.74) is 0.352. The van der Waals surface area contributed by atoms with Gasteiger partial charge in [-0.15, -0.1) is 23.6 Å². The van der Waals surface area contributed by atoms with Crippen molar-refractivity contribution in [2.75, 3.05) is 6.54 Å². The molecule has 0 saturated carbocycles. The summed E-state index contributed by atoms with van der Waals surface area (Å²) in [5, 5.41) is 3.71. The summed E-state index contributed by atoms with van der Waals surface area (Å²) in [7, 11) is 0. The highest BCUT2D eigenvalue weighted by Crippen LogP contribution is 2.23. The van der Waals surface area contributed by atoms with Gasteiger partial charge in [0.15, 0.2) is 0 Å². The van der Waals surface area contributed by atoms with E-state index in [1.807, 2.05) is 6.08 Å². The molecule has 27 heavy (non-hydrogen) atoms. The van der Waals surface area contributed by atoms with Crippen LogP contribution < -0.4 is 5.32 Å². The molecular weight excluding hydrogens is 394 g/mol. The lowest BCUT2D eigenvalue weighted by Crippen LogP contribution is -2.44. The van der Waals surface area contributed by atoms with Gasteiger partial charge >= 0.3 is 0 Å². The molecule has 0 bridgehead atoms. The van der Waals surface area contributed by atoms with Crippen molar-refractivity contribution in [2.24, 2.45) is 0 Å². The lowest BCUT2D eigenvalue weighted by Gasteiger charge is -2.33. The molecule has 0 aromatic rings. The van der Waals surface area contributed by atoms with Crippen LogP contribution in [0.5, 0.6) is 0 Å². The molecule has 0 aliphatic heterocycles. The molecule has 0 atom stereocenters. The van der Waals surface area contributed by atoms with Crippen LogP contribution in [0.1, 0.15) is 136 Å². The SMILES string of the molecule is Br.C=CCNC(CC)(CC)CCCCCCCCCCCCCCCCC. The normalized spacial score (nSPS) is 11.4. The minimum Gasteiger partial charge on any atom is -0.308 e. The van der Waals surface area contributed by atoms with Crippen LogP contribution in [0.2, 0.25) is 0 Å². The van der Waals surface area contributed by atoms with Gasteiger partial charge in [0, 0.05) is 12.1 Å². The minimum atomic E-state index is 0. The van der Waals surface area contributed by atoms with Crippen LogP contribution in [0.3, 0.4) is 0 Å². The predicted molar refractivity (Wildman–Crippen MR) is 131 cm³/mol. The first-order chi connectivity index (χ1) is 12.7. The number of hydrogen-bond donors (Lipinski definition) is 1. The first kappa shape index (κ1) is 29.4. The van der Waals surface area contributed by atoms with E-state index >= 15 is 0 Å². The molecule has 0 fully saturated rings. The summed E-state index contributed by atoms with van der Waals surface area (Å²) < 4.78 is 0. The number of unbranched alkanes of at least 4 members (excludes halogenated alkanes) is 14. The zero-order chi connectivity index (χ0) is 19.3. The average Bonchev–Trinajstić information content (AvgIpc) is 2.67. The van der Waals surface area contributed by atoms with E-state index in [-0.39, 0.29) is 17.0 Å². The molecule has 1 N–H and O–H groups in total. The van der Waals surface area contributed by atoms with Crippen LogP contribution in [0.4, 0.5) is 0 Å². The molecule has 0 aliphatic carbocycles. The van der Waals surface area contributed by atoms with Crippen molar-refractivity contribution in [3.63, 3.8) is 0 Å². The van der Waals surface area contributed by atoms with Gasteiger partial charge in [-0.1, -0.05) is 123 Å². The zero-order valence-corrected chi connectivity index (χ0v) is 20.8. The topological polar surface area (TPSA) is 12.0 Å². The molecule has 0 spiro atoms. The largest absolute Gasteiger partial charge is 0.308 e. The second-order valence-corrected chi connectivity index (χ2v) is 8.36. The van der Waals surface area contributed by atoms with E-state index in [0.29, 0.717) is 5.54 Å². The third-order valence-corrected chi connectivity index (χ3v) is 6.23. The fraction of sp³-hybridized carbons (Fsp3) is 0.920. The third kappa shape index (κ3) is 18.0. The van der Waals surface area contributed by atoms with E-state index in [9.17, 15) is 0 Å². The molecule has 2 heteroatoms. The molecule has 0 amide bonds. The molecule has 0 unspecified atom stereocenters. The number of rotatable bonds is 21. The van der Waals surface area contributed by atoms with Gasteiger partial charge in [0.05, 0.1) is 0 Å². The Bertz CT molecular complexity index is 286. The fourth-order valence-electron chi connectivity index (χ4n) is 4.07. The lowest BCUT2D eigenvalue weighted by atomic mass is 9.86. The van der Waals surface area contributed by atoms with Gasteiger partial charge in [0.2, 0.25) is 0 Å². The van der Waals surface area contributed by atoms with Crippen molar-refractivity contribution in [3.05, 3.63) is 12.7 Å². The first-order valence-corrected chi connectivity index (χ1v) is 12.1. The van der Waals surface area contributed by atoms with Crippen LogP contribution in [0, 0.1) is 0 Å². The smallest absolute Gasteiger partial charge is 0.0179 e. The molecule has 0 heterocycles. The molecule has 0 aromatic carbocycles. The molecule has 0 aromatic heterocycles. The van der Waals surface area contributed by atoms with E-state index in [2.05, 4.69) is 32.7 Å². The van der Waals surface area contributed by atoms with Crippen molar-refractivity contribution in [1.82, 2.24) is 5.32 Å². The van der Waals surface area contributed by atoms with Crippen molar-refractivity contribution in [3.8, 4) is 0 Å². The Labute approximate surface area is 183 Å². The predicted octanol–water partition coefficient (Wildman–Crippen LogP) is 9.16. The quantitative estimate of drug-likeness (QED) is 0.137. The van der Waals surface area contributed by atoms with Gasteiger partial charge < -0.3 is 5.32 Å². The Balaban J connectivity index is 0. The van der Waals surface area contributed by atoms with Crippen LogP contribution in [0.15, 0.2) is 12.7 Å². The standard InChI is InChI=1S/C25H51N.BrH/c1-5-9-10-11-12-13-14-15-16-17-18-19-20-21-22-23-25(7-3,8-4)26-24-6-2;/h6,26H,2,5,7-24H2,1,3-4H3;1H. The molecular formula is C25H52BrN. The highest BCUT2D eigenvalue weighted by Gasteiger charge is 2.23. The average molecular weight is 447 g/mol. The van der Waals surface area contributed by atoms with Crippen molar-refractivity contribution in [1.29, 1.82) is 0 Å². The highest BCUT2D eigenvalue weighted by molar-refractivity contribution is 8.93. The number of nitrogens with one attached hydrogen (secondary N) is 1. The van der Waals surface area contributed by atoms with Gasteiger partial charge in [-0.3, -0.25) is 0 Å². The second kappa shape index (κ2) is 22.5. The van der Waals surface area contributed by atoms with Crippen molar-refractivity contribution in [2.45, 2.75) is 142 Å². The Morgan fingerprint density at radius 3 is 1.33 bits per heavy atom. The maximum Gasteiger partial charge on any atom is 0.0179 e. The third-order valence-electron chi connectivity index (χ3n) is 6.23. The zero-order valence-electron chi connectivity index (χ0n) is 19.1. The van der Waals surface area contributed by atoms with Gasteiger partial charge in [-0.2, -0.15) is 0 Å². The van der Waals surface area contributed by atoms with Crippen LogP contribution in [-0.4, -0.2) is 12.1 Å². The maximum atomic E-state index is 3.85. The Morgan fingerprint density at radius 2 is 1.00 bits per heavy atom. The van der Waals surface area contributed by atoms with Crippen LogP contribution in [0.25, 0.3) is 0 Å². The molecule has 0 aliphatic rings. The minimum absolute atomic E-state index is 0. The Morgan fingerprint density at radius 1 is 0.630 bits per heavy atom. The molecule has 0 saturated heterocycles. The van der Waals surface area contributed by atoms with Gasteiger partial charge in [-0.25, -0.2) is 0 Å². The first-order valence-electron chi connectivity index (χ1n) is 12.1. The van der Waals surface area contributed by atoms with Crippen molar-refractivity contribution >= 4 is 17.0 Å². The fourth-order valence-corrected chi connectivity index (χ4v) is 4.07. The van der Waals surface area contributed by atoms with E-state index in [0.717, 1.165) is 6.54 Å². The van der Waals surface area contributed by atoms with Crippen molar-refractivity contribution < 1.29 is 0 Å². The van der Waals surface area contributed by atoms with Gasteiger partial charge in [0.25, 0.3) is 0 Å². The van der Waals surface area contributed by atoms with Gasteiger partial charge in [-0.05, 0) is 19.3 Å². The lowest BCUT2D eigenvalue weighted by molar-refractivity contribution is 0.280. The number of halogens is 1. The maximum absolute atomic E-state index is 3.85. The van der Waals surface area contributed by atoms with Crippen LogP contribution in [-0.2, 0) is 0 Å². The summed E-state index contributed by atoms with van der Waals surface area (Å²) in [6, 6.07) is 0. The van der Waals surface area contributed by atoms with E-state index < -0.39 is 0 Å². The molecule has 0 rings (SSSR count). The summed E-state index contributed by atoms with van der Waals surface area (Å²) in [6.45, 7) is 11.7. The van der Waals surface area contributed by atoms with E-state index in [1.165, 1.54) is 116 Å². The Kier molecular flexibility index (Phi) is 24.5. The summed E-state index contributed by atoms with van der Waals surface area (Å²) >= 11 is 0. The molecule has 164 valence electrons. The second-order valence-electron chi connectivity index (χ2n) is 8.36. The summed E-state index contributed by atoms with van der Waals surface area (Å²) in [5.74, 6) is 0. The Hall–Kier alpha value is 0.180. The van der Waals surface area contributed by atoms with E-state index in [4.69, 9.17) is 0 Å². The van der Waals surface area contributed by atoms with Gasteiger partial charge in [0.1, 0.15) is 0 Å². The van der Waals surface area contributed by atoms with E-state index in [1.54, 1.807) is 0 Å². The number of hydrogen-bond acceptors (Lipinski definition) is 1. The van der Waals surface area contributed by atoms with Crippen LogP contribution >= 0.6 is 17.0 Å². The monoisotopic (exact) mass is 445 g/mol. The molecule has 0 radical (unpaired) electrons. The highest BCUT2D eigenvalue weighted by atomic mass is 79.9. The summed E-state index contributed by atoms with van der Waals surface area (Å²) in [4.78, 5) is 0.